The second-order valence-corrected chi connectivity index (χ2v) is 8.83. The summed E-state index contributed by atoms with van der Waals surface area (Å²) in [6.07, 6.45) is 1.99. The number of carbonyl (C=O) groups is 3. The van der Waals surface area contributed by atoms with Crippen LogP contribution in [0.5, 0.6) is 11.5 Å². The number of ether oxygens (including phenoxy) is 2. The van der Waals surface area contributed by atoms with Gasteiger partial charge in [-0.25, -0.2) is 0 Å². The van der Waals surface area contributed by atoms with Crippen LogP contribution in [0, 0.1) is 5.92 Å². The molecule has 3 rings (SSSR count). The highest BCUT2D eigenvalue weighted by atomic mass is 16.5. The minimum Gasteiger partial charge on any atom is -0.497 e. The normalized spacial score (nSPS) is 15.6. The summed E-state index contributed by atoms with van der Waals surface area (Å²) in [6.45, 7) is 4.92. The number of nitrogens with one attached hydrogen (secondary N) is 2. The van der Waals surface area contributed by atoms with Gasteiger partial charge in [-0.2, -0.15) is 0 Å². The van der Waals surface area contributed by atoms with Crippen molar-refractivity contribution in [3.05, 3.63) is 59.7 Å². The van der Waals surface area contributed by atoms with E-state index in [0.29, 0.717) is 48.6 Å². The maximum atomic E-state index is 13.2. The molecular formula is C27H35N3O5. The Labute approximate surface area is 207 Å². The molecule has 1 aliphatic heterocycles. The summed E-state index contributed by atoms with van der Waals surface area (Å²) in [5, 5.41) is 5.95. The molecule has 1 saturated heterocycles. The number of nitrogens with zero attached hydrogens (tertiary/aromatic N) is 1. The van der Waals surface area contributed by atoms with Gasteiger partial charge < -0.3 is 25.0 Å². The fourth-order valence-corrected chi connectivity index (χ4v) is 4.23. The zero-order valence-electron chi connectivity index (χ0n) is 20.9. The first-order chi connectivity index (χ1) is 16.9. The first-order valence-electron chi connectivity index (χ1n) is 12.1. The van der Waals surface area contributed by atoms with Crippen molar-refractivity contribution in [3.8, 4) is 11.5 Å². The van der Waals surface area contributed by atoms with E-state index < -0.39 is 6.04 Å². The summed E-state index contributed by atoms with van der Waals surface area (Å²) in [4.78, 5) is 41.0. The second-order valence-electron chi connectivity index (χ2n) is 8.83. The zero-order valence-corrected chi connectivity index (χ0v) is 20.9. The van der Waals surface area contributed by atoms with Gasteiger partial charge in [0.05, 0.1) is 19.8 Å². The smallest absolute Gasteiger partial charge is 0.257 e. The topological polar surface area (TPSA) is 97.0 Å². The van der Waals surface area contributed by atoms with Gasteiger partial charge in [-0.05, 0) is 68.5 Å². The maximum absolute atomic E-state index is 13.2. The lowest BCUT2D eigenvalue weighted by Gasteiger charge is -2.36. The molecule has 1 heterocycles. The predicted molar refractivity (Wildman–Crippen MR) is 134 cm³/mol. The molecule has 0 aromatic heterocycles. The molecule has 0 spiro atoms. The number of hydrogen-bond acceptors (Lipinski definition) is 5. The molecule has 1 fully saturated rings. The highest BCUT2D eigenvalue weighted by Crippen LogP contribution is 2.26. The van der Waals surface area contributed by atoms with E-state index in [1.165, 1.54) is 0 Å². The number of hydrogen-bond donors (Lipinski definition) is 2. The Morgan fingerprint density at radius 3 is 2.23 bits per heavy atom. The molecule has 0 bridgehead atoms. The van der Waals surface area contributed by atoms with E-state index in [0.717, 1.165) is 6.42 Å². The average Bonchev–Trinajstić information content (AvgIpc) is 2.91. The van der Waals surface area contributed by atoms with Gasteiger partial charge in [0.25, 0.3) is 11.8 Å². The summed E-state index contributed by atoms with van der Waals surface area (Å²) in [6, 6.07) is 13.2. The van der Waals surface area contributed by atoms with Crippen LogP contribution in [0.4, 0.5) is 0 Å². The largest absolute Gasteiger partial charge is 0.497 e. The van der Waals surface area contributed by atoms with Crippen LogP contribution < -0.4 is 20.1 Å². The van der Waals surface area contributed by atoms with Crippen molar-refractivity contribution < 1.29 is 23.9 Å². The molecule has 0 saturated carbocycles. The van der Waals surface area contributed by atoms with Gasteiger partial charge in [0.2, 0.25) is 5.91 Å². The van der Waals surface area contributed by atoms with Crippen LogP contribution >= 0.6 is 0 Å². The van der Waals surface area contributed by atoms with Crippen molar-refractivity contribution in [2.24, 2.45) is 5.92 Å². The number of likely N-dealkylation sites (tertiary alicyclic amines) is 1. The third-order valence-electron chi connectivity index (χ3n) is 6.56. The summed E-state index contributed by atoms with van der Waals surface area (Å²) in [5.74, 6) is 0.490. The molecule has 8 heteroatoms. The summed E-state index contributed by atoms with van der Waals surface area (Å²) >= 11 is 0. The lowest BCUT2D eigenvalue weighted by Crippen LogP contribution is -2.55. The minimum atomic E-state index is -0.692. The van der Waals surface area contributed by atoms with Crippen molar-refractivity contribution in [1.29, 1.82) is 0 Å². The zero-order chi connectivity index (χ0) is 25.4. The van der Waals surface area contributed by atoms with Crippen molar-refractivity contribution in [3.63, 3.8) is 0 Å². The molecular weight excluding hydrogens is 446 g/mol. The number of carbonyl (C=O) groups excluding carboxylic acids is 3. The Bertz CT molecular complexity index is 1020. The molecule has 0 aliphatic carbocycles. The first kappa shape index (κ1) is 26.1. The van der Waals surface area contributed by atoms with Gasteiger partial charge >= 0.3 is 0 Å². The lowest BCUT2D eigenvalue weighted by atomic mass is 9.88. The number of methoxy groups -OCH3 is 2. The second kappa shape index (κ2) is 12.2. The third-order valence-corrected chi connectivity index (χ3v) is 6.56. The fourth-order valence-electron chi connectivity index (χ4n) is 4.23. The van der Waals surface area contributed by atoms with E-state index >= 15 is 0 Å². The number of para-hydroxylation sites is 1. The molecule has 35 heavy (non-hydrogen) atoms. The molecule has 8 nitrogen and oxygen atoms in total. The molecule has 3 amide bonds. The molecule has 2 atom stereocenters. The maximum Gasteiger partial charge on any atom is 0.257 e. The lowest BCUT2D eigenvalue weighted by molar-refractivity contribution is -0.125. The molecule has 2 aromatic rings. The van der Waals surface area contributed by atoms with E-state index in [4.69, 9.17) is 9.47 Å². The predicted octanol–water partition coefficient (Wildman–Crippen LogP) is 3.27. The van der Waals surface area contributed by atoms with Gasteiger partial charge in [0, 0.05) is 24.7 Å². The Kier molecular flexibility index (Phi) is 9.11. The summed E-state index contributed by atoms with van der Waals surface area (Å²) in [5.41, 5.74) is 0.975. The van der Waals surface area contributed by atoms with E-state index in [-0.39, 0.29) is 29.7 Å². The number of piperidine rings is 1. The van der Waals surface area contributed by atoms with Crippen LogP contribution in [0.2, 0.25) is 0 Å². The van der Waals surface area contributed by atoms with Gasteiger partial charge in [0.15, 0.2) is 0 Å². The standard InChI is InChI=1S/C27H35N3O5/c1-5-18(2)28-26(32)24(29-25(31)20-10-12-21(34-3)13-11-20)19-14-16-30(17-15-19)27(33)22-8-6-7-9-23(22)35-4/h6-13,18-19,24H,5,14-17H2,1-4H3,(H,28,32)(H,29,31)/t18-,24-/m1/s1. The molecule has 1 aliphatic rings. The van der Waals surface area contributed by atoms with E-state index in [9.17, 15) is 14.4 Å². The van der Waals surface area contributed by atoms with E-state index in [1.807, 2.05) is 26.0 Å². The Hall–Kier alpha value is -3.55. The van der Waals surface area contributed by atoms with Gasteiger partial charge in [-0.3, -0.25) is 14.4 Å². The van der Waals surface area contributed by atoms with Gasteiger partial charge in [-0.15, -0.1) is 0 Å². The Balaban J connectivity index is 1.71. The molecule has 0 radical (unpaired) electrons. The molecule has 2 N–H and O–H groups in total. The molecule has 0 unspecified atom stereocenters. The van der Waals surface area contributed by atoms with Gasteiger partial charge in [-0.1, -0.05) is 19.1 Å². The average molecular weight is 482 g/mol. The Morgan fingerprint density at radius 2 is 1.63 bits per heavy atom. The van der Waals surface area contributed by atoms with Crippen LogP contribution in [0.15, 0.2) is 48.5 Å². The summed E-state index contributed by atoms with van der Waals surface area (Å²) in [7, 11) is 3.11. The molecule has 188 valence electrons. The van der Waals surface area contributed by atoms with Crippen LogP contribution in [-0.4, -0.2) is 62.0 Å². The summed E-state index contributed by atoms with van der Waals surface area (Å²) < 4.78 is 10.5. The van der Waals surface area contributed by atoms with Crippen LogP contribution in [0.25, 0.3) is 0 Å². The SMILES string of the molecule is CC[C@@H](C)NC(=O)[C@H](NC(=O)c1ccc(OC)cc1)C1CCN(C(=O)c2ccccc2OC)CC1. The van der Waals surface area contributed by atoms with E-state index in [1.54, 1.807) is 55.5 Å². The highest BCUT2D eigenvalue weighted by Gasteiger charge is 2.35. The molecule has 2 aromatic carbocycles. The van der Waals surface area contributed by atoms with E-state index in [2.05, 4.69) is 10.6 Å². The minimum absolute atomic E-state index is 0.00454. The van der Waals surface area contributed by atoms with Crippen LogP contribution in [-0.2, 0) is 4.79 Å². The first-order valence-corrected chi connectivity index (χ1v) is 12.1. The van der Waals surface area contributed by atoms with Crippen molar-refractivity contribution in [2.45, 2.75) is 45.2 Å². The number of amides is 3. The highest BCUT2D eigenvalue weighted by molar-refractivity contribution is 5.98. The number of rotatable bonds is 9. The van der Waals surface area contributed by atoms with Crippen molar-refractivity contribution in [2.75, 3.05) is 27.3 Å². The van der Waals surface area contributed by atoms with Crippen LogP contribution in [0.1, 0.15) is 53.8 Å². The quantitative estimate of drug-likeness (QED) is 0.573. The van der Waals surface area contributed by atoms with Crippen LogP contribution in [0.3, 0.4) is 0 Å². The third kappa shape index (κ3) is 6.53. The van der Waals surface area contributed by atoms with Gasteiger partial charge in [0.1, 0.15) is 17.5 Å². The number of benzene rings is 2. The monoisotopic (exact) mass is 481 g/mol. The Morgan fingerprint density at radius 1 is 0.971 bits per heavy atom. The van der Waals surface area contributed by atoms with Crippen molar-refractivity contribution in [1.82, 2.24) is 15.5 Å². The van der Waals surface area contributed by atoms with Crippen molar-refractivity contribution >= 4 is 17.7 Å². The fraction of sp³-hybridized carbons (Fsp3) is 0.444.